The number of unbranched alkanes of at least 4 members (excludes halogenated alkanes) is 3. The number of rotatable bonds is 9. The Bertz CT molecular complexity index is 274. The largest absolute Gasteiger partial charge is 0.0845 e. The van der Waals surface area contributed by atoms with E-state index in [2.05, 4.69) is 44.2 Å². The molecule has 0 aromatic carbocycles. The molecule has 0 heterocycles. The molecule has 0 amide bonds. The second-order valence-corrected chi connectivity index (χ2v) is 3.80. The molecule has 0 rings (SSSR count). The van der Waals surface area contributed by atoms with Crippen molar-refractivity contribution in [3.05, 3.63) is 67.7 Å². The zero-order valence-electron chi connectivity index (χ0n) is 11.0. The molecule has 0 saturated heterocycles. The van der Waals surface area contributed by atoms with Gasteiger partial charge in [0.15, 0.2) is 0 Å². The average molecular weight is 229 g/mol. The average Bonchev–Trinajstić information content (AvgIpc) is 2.35. The third-order valence-corrected chi connectivity index (χ3v) is 2.15. The van der Waals surface area contributed by atoms with Crippen LogP contribution >= 0.6 is 0 Å². The lowest BCUT2D eigenvalue weighted by Gasteiger charge is -1.85. The van der Waals surface area contributed by atoms with Crippen LogP contribution in [-0.2, 0) is 0 Å². The first-order valence-corrected chi connectivity index (χ1v) is 6.52. The molecule has 1 radical (unpaired) electrons. The summed E-state index contributed by atoms with van der Waals surface area (Å²) in [4.78, 5) is 0. The number of hydrogen-bond donors (Lipinski definition) is 0. The van der Waals surface area contributed by atoms with Gasteiger partial charge in [0.2, 0.25) is 0 Å². The molecule has 0 nitrogen and oxygen atoms in total. The monoisotopic (exact) mass is 229 g/mol. The summed E-state index contributed by atoms with van der Waals surface area (Å²) < 4.78 is 0. The third kappa shape index (κ3) is 14.7. The highest BCUT2D eigenvalue weighted by atomic mass is 13.8. The van der Waals surface area contributed by atoms with Gasteiger partial charge in [-0.15, -0.1) is 0 Å². The van der Waals surface area contributed by atoms with Crippen LogP contribution in [0.4, 0.5) is 0 Å². The molecule has 0 fully saturated rings. The van der Waals surface area contributed by atoms with Crippen molar-refractivity contribution in [2.75, 3.05) is 0 Å². The molecular weight excluding hydrogens is 204 g/mol. The molecule has 93 valence electrons. The van der Waals surface area contributed by atoms with E-state index in [4.69, 9.17) is 0 Å². The highest BCUT2D eigenvalue weighted by molar-refractivity contribution is 5.17. The summed E-state index contributed by atoms with van der Waals surface area (Å²) in [6, 6.07) is 0. The van der Waals surface area contributed by atoms with Crippen molar-refractivity contribution in [1.82, 2.24) is 0 Å². The van der Waals surface area contributed by atoms with Crippen LogP contribution < -0.4 is 0 Å². The van der Waals surface area contributed by atoms with Crippen molar-refractivity contribution in [2.24, 2.45) is 0 Å². The van der Waals surface area contributed by atoms with E-state index in [0.717, 1.165) is 12.8 Å². The van der Waals surface area contributed by atoms with Crippen molar-refractivity contribution in [3.8, 4) is 0 Å². The van der Waals surface area contributed by atoms with Crippen LogP contribution in [0.5, 0.6) is 0 Å². The summed E-state index contributed by atoms with van der Waals surface area (Å²) in [5.41, 5.74) is 0. The predicted octanol–water partition coefficient (Wildman–Crippen LogP) is 5.57. The molecule has 0 aliphatic carbocycles. The van der Waals surface area contributed by atoms with Crippen molar-refractivity contribution in [3.63, 3.8) is 0 Å². The maximum Gasteiger partial charge on any atom is -0.0348 e. The fraction of sp³-hybridized carbons (Fsp3) is 0.353. The summed E-state index contributed by atoms with van der Waals surface area (Å²) in [6.45, 7) is 5.99. The third-order valence-electron chi connectivity index (χ3n) is 2.15. The molecule has 0 aliphatic heterocycles. The quantitative estimate of drug-likeness (QED) is 0.358. The van der Waals surface area contributed by atoms with Gasteiger partial charge in [0.05, 0.1) is 0 Å². The van der Waals surface area contributed by atoms with Crippen LogP contribution in [0.1, 0.15) is 39.0 Å². The fourth-order valence-corrected chi connectivity index (χ4v) is 1.17. The fourth-order valence-electron chi connectivity index (χ4n) is 1.17. The van der Waals surface area contributed by atoms with Crippen molar-refractivity contribution >= 4 is 0 Å². The van der Waals surface area contributed by atoms with Gasteiger partial charge in [0.25, 0.3) is 0 Å². The maximum absolute atomic E-state index is 3.78. The molecule has 17 heavy (non-hydrogen) atoms. The SMILES string of the molecule is [CH2]CCC=CC=CC=CC=CC=CCCCC. The summed E-state index contributed by atoms with van der Waals surface area (Å²) in [5.74, 6) is 0. The first-order chi connectivity index (χ1) is 8.41. The van der Waals surface area contributed by atoms with E-state index in [0.29, 0.717) is 0 Å². The predicted molar refractivity (Wildman–Crippen MR) is 79.8 cm³/mol. The molecule has 0 aromatic heterocycles. The van der Waals surface area contributed by atoms with Gasteiger partial charge in [0, 0.05) is 0 Å². The molecule has 0 aromatic rings. The Morgan fingerprint density at radius 2 is 1.18 bits per heavy atom. The lowest BCUT2D eigenvalue weighted by Crippen LogP contribution is -1.64. The molecule has 0 spiro atoms. The summed E-state index contributed by atoms with van der Waals surface area (Å²) in [7, 11) is 0. The van der Waals surface area contributed by atoms with Gasteiger partial charge < -0.3 is 0 Å². The first kappa shape index (κ1) is 15.7. The summed E-state index contributed by atoms with van der Waals surface area (Å²) >= 11 is 0. The molecule has 0 unspecified atom stereocenters. The first-order valence-electron chi connectivity index (χ1n) is 6.52. The summed E-state index contributed by atoms with van der Waals surface area (Å²) in [5, 5.41) is 0. The standard InChI is InChI=1S/C17H25/c1-3-5-7-9-11-13-15-17-16-14-12-10-8-6-4-2/h7,9-17H,1,3-6,8H2,2H3. The Morgan fingerprint density at radius 1 is 0.706 bits per heavy atom. The Labute approximate surface area is 107 Å². The molecule has 0 saturated carbocycles. The highest BCUT2D eigenvalue weighted by Gasteiger charge is 1.74. The minimum Gasteiger partial charge on any atom is -0.0845 e. The Kier molecular flexibility index (Phi) is 13.6. The van der Waals surface area contributed by atoms with E-state index >= 15 is 0 Å². The molecule has 0 heteroatoms. The van der Waals surface area contributed by atoms with Crippen LogP contribution in [0.25, 0.3) is 0 Å². The van der Waals surface area contributed by atoms with Crippen LogP contribution in [0, 0.1) is 6.92 Å². The van der Waals surface area contributed by atoms with Crippen LogP contribution in [0.3, 0.4) is 0 Å². The topological polar surface area (TPSA) is 0 Å². The molecule has 0 atom stereocenters. The van der Waals surface area contributed by atoms with Crippen LogP contribution in [-0.4, -0.2) is 0 Å². The maximum atomic E-state index is 3.78. The van der Waals surface area contributed by atoms with Gasteiger partial charge in [-0.1, -0.05) is 87.4 Å². The van der Waals surface area contributed by atoms with E-state index in [1.165, 1.54) is 19.3 Å². The minimum atomic E-state index is 0.966. The van der Waals surface area contributed by atoms with Gasteiger partial charge >= 0.3 is 0 Å². The minimum absolute atomic E-state index is 0.966. The van der Waals surface area contributed by atoms with E-state index < -0.39 is 0 Å². The zero-order chi connectivity index (χ0) is 12.6. The second kappa shape index (κ2) is 14.7. The Balaban J connectivity index is 3.58. The van der Waals surface area contributed by atoms with Crippen LogP contribution in [0.15, 0.2) is 60.8 Å². The van der Waals surface area contributed by atoms with E-state index in [1.54, 1.807) is 0 Å². The molecule has 0 bridgehead atoms. The van der Waals surface area contributed by atoms with Crippen molar-refractivity contribution in [1.29, 1.82) is 0 Å². The van der Waals surface area contributed by atoms with Crippen molar-refractivity contribution < 1.29 is 0 Å². The highest BCUT2D eigenvalue weighted by Crippen LogP contribution is 1.95. The van der Waals surface area contributed by atoms with Crippen molar-refractivity contribution in [2.45, 2.75) is 39.0 Å². The second-order valence-electron chi connectivity index (χ2n) is 3.80. The van der Waals surface area contributed by atoms with Gasteiger partial charge in [-0.05, 0) is 19.3 Å². The molecular formula is C17H25. The molecule has 0 aliphatic rings. The lowest BCUT2D eigenvalue weighted by molar-refractivity contribution is 0.815. The van der Waals surface area contributed by atoms with E-state index in [-0.39, 0.29) is 0 Å². The smallest absolute Gasteiger partial charge is 0.0348 e. The Hall–Kier alpha value is -1.30. The normalized spacial score (nSPS) is 13.3. The van der Waals surface area contributed by atoms with Gasteiger partial charge in [-0.2, -0.15) is 0 Å². The summed E-state index contributed by atoms with van der Waals surface area (Å²) in [6.07, 6.45) is 26.5. The van der Waals surface area contributed by atoms with E-state index in [9.17, 15) is 0 Å². The molecule has 0 N–H and O–H groups in total. The number of hydrogen-bond acceptors (Lipinski definition) is 0. The van der Waals surface area contributed by atoms with E-state index in [1.807, 2.05) is 30.4 Å². The zero-order valence-corrected chi connectivity index (χ0v) is 11.0. The van der Waals surface area contributed by atoms with Gasteiger partial charge in [-0.25, -0.2) is 0 Å². The lowest BCUT2D eigenvalue weighted by atomic mass is 10.2. The number of allylic oxidation sites excluding steroid dienone is 10. The Morgan fingerprint density at radius 3 is 1.65 bits per heavy atom. The van der Waals surface area contributed by atoms with Gasteiger partial charge in [0.1, 0.15) is 0 Å². The van der Waals surface area contributed by atoms with Crippen LogP contribution in [0.2, 0.25) is 0 Å². The van der Waals surface area contributed by atoms with Gasteiger partial charge in [-0.3, -0.25) is 0 Å².